The van der Waals surface area contributed by atoms with Crippen molar-refractivity contribution in [2.24, 2.45) is 0 Å². The summed E-state index contributed by atoms with van der Waals surface area (Å²) in [5, 5.41) is 5.08. The van der Waals surface area contributed by atoms with E-state index in [-0.39, 0.29) is 12.5 Å². The van der Waals surface area contributed by atoms with Crippen LogP contribution in [0, 0.1) is 0 Å². The molecule has 0 aliphatic carbocycles. The molecule has 1 amide bonds. The molecule has 0 atom stereocenters. The van der Waals surface area contributed by atoms with Crippen LogP contribution in [0.2, 0.25) is 0 Å². The first-order valence-corrected chi connectivity index (χ1v) is 11.6. The smallest absolute Gasteiger partial charge is 0.258 e. The fraction of sp³-hybridized carbons (Fsp3) is 0.320. The van der Waals surface area contributed by atoms with Gasteiger partial charge in [-0.1, -0.05) is 40.2 Å². The van der Waals surface area contributed by atoms with Crippen molar-refractivity contribution in [3.63, 3.8) is 0 Å². The molecule has 0 unspecified atom stereocenters. The number of halogens is 1. The fourth-order valence-corrected chi connectivity index (χ4v) is 3.93. The van der Waals surface area contributed by atoms with Gasteiger partial charge in [-0.3, -0.25) is 9.69 Å². The molecule has 1 fully saturated rings. The van der Waals surface area contributed by atoms with E-state index < -0.39 is 0 Å². The standard InChI is InChI=1S/C25H27BrN2O4/c26-22-6-4-21-16-24(7-5-20(21)15-22)32-18-25(29)27-17-19-2-1-3-23(14-19)31-13-10-28-8-11-30-12-9-28/h1-7,14-16H,8-13,17-18H2,(H,27,29). The highest BCUT2D eigenvalue weighted by molar-refractivity contribution is 9.10. The van der Waals surface area contributed by atoms with Crippen LogP contribution in [-0.4, -0.2) is 56.9 Å². The van der Waals surface area contributed by atoms with Crippen molar-refractivity contribution in [3.05, 3.63) is 70.7 Å². The summed E-state index contributed by atoms with van der Waals surface area (Å²) >= 11 is 3.47. The van der Waals surface area contributed by atoms with Crippen molar-refractivity contribution >= 4 is 32.6 Å². The zero-order valence-corrected chi connectivity index (χ0v) is 19.5. The second-order valence-electron chi connectivity index (χ2n) is 7.67. The van der Waals surface area contributed by atoms with Gasteiger partial charge in [0.15, 0.2) is 6.61 Å². The van der Waals surface area contributed by atoms with E-state index in [1.165, 1.54) is 0 Å². The van der Waals surface area contributed by atoms with Gasteiger partial charge in [-0.25, -0.2) is 0 Å². The lowest BCUT2D eigenvalue weighted by Crippen LogP contribution is -2.38. The molecule has 0 aromatic heterocycles. The average molecular weight is 499 g/mol. The Morgan fingerprint density at radius 2 is 1.75 bits per heavy atom. The van der Waals surface area contributed by atoms with Gasteiger partial charge >= 0.3 is 0 Å². The molecule has 1 aliphatic rings. The Labute approximate surface area is 196 Å². The number of fused-ring (bicyclic) bond motifs is 1. The topological polar surface area (TPSA) is 60.0 Å². The summed E-state index contributed by atoms with van der Waals surface area (Å²) in [7, 11) is 0. The number of nitrogens with zero attached hydrogens (tertiary/aromatic N) is 1. The molecule has 3 aromatic carbocycles. The number of carbonyl (C=O) groups excluding carboxylic acids is 1. The van der Waals surface area contributed by atoms with Crippen LogP contribution in [0.15, 0.2) is 65.1 Å². The lowest BCUT2D eigenvalue weighted by molar-refractivity contribution is -0.123. The van der Waals surface area contributed by atoms with Gasteiger partial charge in [0.2, 0.25) is 0 Å². The molecule has 0 spiro atoms. The Bertz CT molecular complexity index is 1050. The summed E-state index contributed by atoms with van der Waals surface area (Å²) in [6, 6.07) is 19.7. The molecular weight excluding hydrogens is 472 g/mol. The first-order chi connectivity index (χ1) is 15.7. The van der Waals surface area contributed by atoms with Crippen LogP contribution < -0.4 is 14.8 Å². The minimum Gasteiger partial charge on any atom is -0.492 e. The molecule has 168 valence electrons. The van der Waals surface area contributed by atoms with E-state index >= 15 is 0 Å². The maximum absolute atomic E-state index is 12.2. The van der Waals surface area contributed by atoms with E-state index in [1.807, 2.05) is 60.7 Å². The summed E-state index contributed by atoms with van der Waals surface area (Å²) in [6.45, 7) is 5.39. The molecule has 3 aromatic rings. The summed E-state index contributed by atoms with van der Waals surface area (Å²) in [5.74, 6) is 1.31. The van der Waals surface area contributed by atoms with Crippen molar-refractivity contribution in [2.75, 3.05) is 46.1 Å². The monoisotopic (exact) mass is 498 g/mol. The van der Waals surface area contributed by atoms with Crippen LogP contribution in [0.1, 0.15) is 5.56 Å². The van der Waals surface area contributed by atoms with Gasteiger partial charge in [0.1, 0.15) is 18.1 Å². The number of amides is 1. The number of hydrogen-bond donors (Lipinski definition) is 1. The van der Waals surface area contributed by atoms with Gasteiger partial charge in [-0.2, -0.15) is 0 Å². The van der Waals surface area contributed by atoms with Gasteiger partial charge < -0.3 is 19.5 Å². The Morgan fingerprint density at radius 3 is 2.62 bits per heavy atom. The SMILES string of the molecule is O=C(COc1ccc2cc(Br)ccc2c1)NCc1cccc(OCCN2CCOCC2)c1. The molecular formula is C25H27BrN2O4. The van der Waals surface area contributed by atoms with Crippen LogP contribution in [-0.2, 0) is 16.1 Å². The first kappa shape index (κ1) is 22.6. The number of benzene rings is 3. The predicted octanol–water partition coefficient (Wildman–Crippen LogP) is 4.01. The molecule has 6 nitrogen and oxygen atoms in total. The number of nitrogens with one attached hydrogen (secondary N) is 1. The minimum atomic E-state index is -0.167. The normalized spacial score (nSPS) is 14.3. The van der Waals surface area contributed by atoms with Gasteiger partial charge in [0, 0.05) is 30.7 Å². The Hall–Kier alpha value is -2.61. The third-order valence-corrected chi connectivity index (χ3v) is 5.81. The van der Waals surface area contributed by atoms with Gasteiger partial charge in [-0.15, -0.1) is 0 Å². The molecule has 1 heterocycles. The number of ether oxygens (including phenoxy) is 3. The molecule has 0 saturated carbocycles. The maximum atomic E-state index is 12.2. The van der Waals surface area contributed by atoms with Crippen molar-refractivity contribution < 1.29 is 19.0 Å². The van der Waals surface area contributed by atoms with E-state index in [0.717, 1.165) is 59.4 Å². The molecule has 7 heteroatoms. The largest absolute Gasteiger partial charge is 0.492 e. The Balaban J connectivity index is 1.20. The summed E-state index contributed by atoms with van der Waals surface area (Å²) < 4.78 is 17.9. The molecule has 32 heavy (non-hydrogen) atoms. The average Bonchev–Trinajstić information content (AvgIpc) is 2.82. The fourth-order valence-electron chi connectivity index (χ4n) is 3.55. The van der Waals surface area contributed by atoms with Crippen molar-refractivity contribution in [2.45, 2.75) is 6.54 Å². The molecule has 1 aliphatic heterocycles. The first-order valence-electron chi connectivity index (χ1n) is 10.8. The third-order valence-electron chi connectivity index (χ3n) is 5.31. The lowest BCUT2D eigenvalue weighted by Gasteiger charge is -2.26. The van der Waals surface area contributed by atoms with Crippen LogP contribution in [0.5, 0.6) is 11.5 Å². The zero-order valence-electron chi connectivity index (χ0n) is 17.9. The summed E-state index contributed by atoms with van der Waals surface area (Å²) in [6.07, 6.45) is 0. The van der Waals surface area contributed by atoms with E-state index in [2.05, 4.69) is 26.1 Å². The summed E-state index contributed by atoms with van der Waals surface area (Å²) in [4.78, 5) is 14.6. The second kappa shape index (κ2) is 11.3. The van der Waals surface area contributed by atoms with E-state index in [1.54, 1.807) is 0 Å². The summed E-state index contributed by atoms with van der Waals surface area (Å²) in [5.41, 5.74) is 0.985. The van der Waals surface area contributed by atoms with Gasteiger partial charge in [-0.05, 0) is 52.7 Å². The zero-order chi connectivity index (χ0) is 22.2. The molecule has 4 rings (SSSR count). The Kier molecular flexibility index (Phi) is 7.98. The van der Waals surface area contributed by atoms with Crippen molar-refractivity contribution in [1.29, 1.82) is 0 Å². The predicted molar refractivity (Wildman–Crippen MR) is 128 cm³/mol. The quantitative estimate of drug-likeness (QED) is 0.482. The second-order valence-corrected chi connectivity index (χ2v) is 8.58. The lowest BCUT2D eigenvalue weighted by atomic mass is 10.1. The molecule has 1 N–H and O–H groups in total. The van der Waals surface area contributed by atoms with Gasteiger partial charge in [0.25, 0.3) is 5.91 Å². The Morgan fingerprint density at radius 1 is 0.969 bits per heavy atom. The highest BCUT2D eigenvalue weighted by atomic mass is 79.9. The van der Waals surface area contributed by atoms with E-state index in [0.29, 0.717) is 18.9 Å². The van der Waals surface area contributed by atoms with Crippen LogP contribution in [0.25, 0.3) is 10.8 Å². The van der Waals surface area contributed by atoms with Crippen LogP contribution >= 0.6 is 15.9 Å². The number of hydrogen-bond acceptors (Lipinski definition) is 5. The number of carbonyl (C=O) groups is 1. The van der Waals surface area contributed by atoms with Gasteiger partial charge in [0.05, 0.1) is 13.2 Å². The maximum Gasteiger partial charge on any atom is 0.258 e. The highest BCUT2D eigenvalue weighted by Crippen LogP contribution is 2.24. The van der Waals surface area contributed by atoms with Crippen molar-refractivity contribution in [3.8, 4) is 11.5 Å². The van der Waals surface area contributed by atoms with Crippen LogP contribution in [0.3, 0.4) is 0 Å². The molecule has 1 saturated heterocycles. The highest BCUT2D eigenvalue weighted by Gasteiger charge is 2.10. The van der Waals surface area contributed by atoms with E-state index in [4.69, 9.17) is 14.2 Å². The van der Waals surface area contributed by atoms with Crippen LogP contribution in [0.4, 0.5) is 0 Å². The molecule has 0 bridgehead atoms. The number of rotatable bonds is 9. The molecule has 0 radical (unpaired) electrons. The minimum absolute atomic E-state index is 0.0300. The van der Waals surface area contributed by atoms with E-state index in [9.17, 15) is 4.79 Å². The third kappa shape index (κ3) is 6.69. The van der Waals surface area contributed by atoms with Crippen molar-refractivity contribution in [1.82, 2.24) is 10.2 Å². The number of morpholine rings is 1.